The molecule has 0 aliphatic carbocycles. The number of hydrogen-bond acceptors (Lipinski definition) is 3. The lowest BCUT2D eigenvalue weighted by molar-refractivity contribution is -0.133. The van der Waals surface area contributed by atoms with Gasteiger partial charge in [0, 0.05) is 6.42 Å². The zero-order valence-corrected chi connectivity index (χ0v) is 11.2. The van der Waals surface area contributed by atoms with Gasteiger partial charge in [0.25, 0.3) is 0 Å². The predicted molar refractivity (Wildman–Crippen MR) is 71.2 cm³/mol. The van der Waals surface area contributed by atoms with Gasteiger partial charge in [-0.25, -0.2) is 0 Å². The van der Waals surface area contributed by atoms with Crippen molar-refractivity contribution in [1.82, 2.24) is 4.90 Å². The maximum atomic E-state index is 12.2. The van der Waals surface area contributed by atoms with Gasteiger partial charge in [-0.05, 0) is 30.7 Å². The van der Waals surface area contributed by atoms with Crippen molar-refractivity contribution >= 4 is 5.91 Å². The van der Waals surface area contributed by atoms with Gasteiger partial charge in [0.1, 0.15) is 11.5 Å². The fourth-order valence-corrected chi connectivity index (χ4v) is 1.90. The van der Waals surface area contributed by atoms with Crippen LogP contribution in [0.3, 0.4) is 0 Å². The Labute approximate surface area is 113 Å². The molecule has 4 nitrogen and oxygen atoms in total. The molecule has 0 aromatic carbocycles. The van der Waals surface area contributed by atoms with Crippen molar-refractivity contribution < 1.29 is 13.6 Å². The summed E-state index contributed by atoms with van der Waals surface area (Å²) in [6.07, 6.45) is 5.73. The number of rotatable bonds is 7. The number of hydrogen-bond donors (Lipinski definition) is 0. The van der Waals surface area contributed by atoms with Crippen LogP contribution in [-0.2, 0) is 17.9 Å². The SMILES string of the molecule is CCCCC(=O)N(Cc1ccco1)Cc1ccco1. The van der Waals surface area contributed by atoms with Gasteiger partial charge < -0.3 is 13.7 Å². The Morgan fingerprint density at radius 3 is 2.11 bits per heavy atom. The summed E-state index contributed by atoms with van der Waals surface area (Å²) in [6.45, 7) is 3.04. The smallest absolute Gasteiger partial charge is 0.223 e. The first-order valence-electron chi connectivity index (χ1n) is 6.62. The summed E-state index contributed by atoms with van der Waals surface area (Å²) in [7, 11) is 0. The average molecular weight is 261 g/mol. The molecule has 0 fully saturated rings. The molecular formula is C15H19NO3. The Hall–Kier alpha value is -1.97. The largest absolute Gasteiger partial charge is 0.467 e. The minimum atomic E-state index is 0.134. The van der Waals surface area contributed by atoms with Crippen LogP contribution in [0.1, 0.15) is 37.7 Å². The van der Waals surface area contributed by atoms with Gasteiger partial charge >= 0.3 is 0 Å². The van der Waals surface area contributed by atoms with Crippen molar-refractivity contribution in [1.29, 1.82) is 0 Å². The van der Waals surface area contributed by atoms with Gasteiger partial charge in [-0.15, -0.1) is 0 Å². The third kappa shape index (κ3) is 4.02. The van der Waals surface area contributed by atoms with E-state index in [0.29, 0.717) is 19.5 Å². The molecule has 102 valence electrons. The standard InChI is InChI=1S/C15H19NO3/c1-2-3-8-15(17)16(11-13-6-4-9-18-13)12-14-7-5-10-19-14/h4-7,9-10H,2-3,8,11-12H2,1H3. The van der Waals surface area contributed by atoms with Crippen molar-refractivity contribution in [2.75, 3.05) is 0 Å². The topological polar surface area (TPSA) is 46.6 Å². The van der Waals surface area contributed by atoms with Gasteiger partial charge in [-0.1, -0.05) is 13.3 Å². The Bertz CT molecular complexity index is 437. The zero-order valence-electron chi connectivity index (χ0n) is 11.2. The van der Waals surface area contributed by atoms with E-state index in [-0.39, 0.29) is 5.91 Å². The molecule has 2 aromatic heterocycles. The molecule has 1 amide bonds. The van der Waals surface area contributed by atoms with Gasteiger partial charge in [0.15, 0.2) is 0 Å². The van der Waals surface area contributed by atoms with Crippen LogP contribution in [0.25, 0.3) is 0 Å². The van der Waals surface area contributed by atoms with Crippen LogP contribution in [0.2, 0.25) is 0 Å². The maximum absolute atomic E-state index is 12.2. The summed E-state index contributed by atoms with van der Waals surface area (Å²) in [5, 5.41) is 0. The van der Waals surface area contributed by atoms with Gasteiger partial charge in [-0.2, -0.15) is 0 Å². The number of nitrogens with zero attached hydrogens (tertiary/aromatic N) is 1. The summed E-state index contributed by atoms with van der Waals surface area (Å²) >= 11 is 0. The maximum Gasteiger partial charge on any atom is 0.223 e. The van der Waals surface area contributed by atoms with Crippen molar-refractivity contribution in [3.63, 3.8) is 0 Å². The molecule has 0 atom stereocenters. The van der Waals surface area contributed by atoms with E-state index in [1.807, 2.05) is 24.3 Å². The number of carbonyl (C=O) groups is 1. The first-order valence-corrected chi connectivity index (χ1v) is 6.62. The summed E-state index contributed by atoms with van der Waals surface area (Å²) in [5.74, 6) is 1.71. The van der Waals surface area contributed by atoms with E-state index in [1.165, 1.54) is 0 Å². The van der Waals surface area contributed by atoms with Crippen LogP contribution >= 0.6 is 0 Å². The van der Waals surface area contributed by atoms with Crippen molar-refractivity contribution in [2.24, 2.45) is 0 Å². The van der Waals surface area contributed by atoms with Crippen LogP contribution in [0.15, 0.2) is 45.6 Å². The molecule has 0 N–H and O–H groups in total. The van der Waals surface area contributed by atoms with E-state index in [9.17, 15) is 4.79 Å². The second-order valence-electron chi connectivity index (χ2n) is 4.51. The molecule has 0 aliphatic heterocycles. The second kappa shape index (κ2) is 6.83. The highest BCUT2D eigenvalue weighted by Crippen LogP contribution is 2.13. The lowest BCUT2D eigenvalue weighted by Crippen LogP contribution is -2.29. The molecule has 0 saturated heterocycles. The summed E-state index contributed by atoms with van der Waals surface area (Å²) in [6, 6.07) is 7.42. The second-order valence-corrected chi connectivity index (χ2v) is 4.51. The molecule has 2 rings (SSSR count). The minimum Gasteiger partial charge on any atom is -0.467 e. The van der Waals surface area contributed by atoms with E-state index in [4.69, 9.17) is 8.83 Å². The highest BCUT2D eigenvalue weighted by atomic mass is 16.3. The fourth-order valence-electron chi connectivity index (χ4n) is 1.90. The molecule has 0 radical (unpaired) electrons. The van der Waals surface area contributed by atoms with Crippen molar-refractivity contribution in [3.8, 4) is 0 Å². The molecule has 0 saturated carbocycles. The zero-order chi connectivity index (χ0) is 13.5. The first-order chi connectivity index (χ1) is 9.29. The van der Waals surface area contributed by atoms with Crippen molar-refractivity contribution in [3.05, 3.63) is 48.3 Å². The first kappa shape index (κ1) is 13.5. The molecule has 0 unspecified atom stereocenters. The number of carbonyl (C=O) groups excluding carboxylic acids is 1. The third-order valence-electron chi connectivity index (χ3n) is 2.95. The molecule has 2 heterocycles. The minimum absolute atomic E-state index is 0.134. The lowest BCUT2D eigenvalue weighted by atomic mass is 10.2. The van der Waals surface area contributed by atoms with E-state index in [1.54, 1.807) is 17.4 Å². The molecule has 2 aromatic rings. The Morgan fingerprint density at radius 2 is 1.68 bits per heavy atom. The number of amides is 1. The van der Waals surface area contributed by atoms with E-state index in [2.05, 4.69) is 6.92 Å². The fraction of sp³-hybridized carbons (Fsp3) is 0.400. The quantitative estimate of drug-likeness (QED) is 0.765. The summed E-state index contributed by atoms with van der Waals surface area (Å²) in [4.78, 5) is 14.0. The Kier molecular flexibility index (Phi) is 4.84. The molecule has 0 aliphatic rings. The van der Waals surface area contributed by atoms with Crippen LogP contribution in [0.5, 0.6) is 0 Å². The summed E-state index contributed by atoms with van der Waals surface area (Å²) in [5.41, 5.74) is 0. The normalized spacial score (nSPS) is 10.6. The van der Waals surface area contributed by atoms with Crippen LogP contribution in [0, 0.1) is 0 Å². The number of unbranched alkanes of at least 4 members (excludes halogenated alkanes) is 1. The Balaban J connectivity index is 2.01. The highest BCUT2D eigenvalue weighted by Gasteiger charge is 2.16. The van der Waals surface area contributed by atoms with E-state index in [0.717, 1.165) is 24.4 Å². The predicted octanol–water partition coefficient (Wildman–Crippen LogP) is 3.59. The molecule has 0 bridgehead atoms. The third-order valence-corrected chi connectivity index (χ3v) is 2.95. The van der Waals surface area contributed by atoms with Crippen LogP contribution < -0.4 is 0 Å². The lowest BCUT2D eigenvalue weighted by Gasteiger charge is -2.20. The molecule has 4 heteroatoms. The van der Waals surface area contributed by atoms with E-state index >= 15 is 0 Å². The monoisotopic (exact) mass is 261 g/mol. The highest BCUT2D eigenvalue weighted by molar-refractivity contribution is 5.76. The number of furan rings is 2. The average Bonchev–Trinajstić information content (AvgIpc) is 3.08. The van der Waals surface area contributed by atoms with Gasteiger partial charge in [0.2, 0.25) is 5.91 Å². The van der Waals surface area contributed by atoms with E-state index < -0.39 is 0 Å². The molecule has 0 spiro atoms. The van der Waals surface area contributed by atoms with Crippen LogP contribution in [-0.4, -0.2) is 10.8 Å². The molecule has 19 heavy (non-hydrogen) atoms. The van der Waals surface area contributed by atoms with Crippen molar-refractivity contribution in [2.45, 2.75) is 39.3 Å². The Morgan fingerprint density at radius 1 is 1.11 bits per heavy atom. The summed E-state index contributed by atoms with van der Waals surface area (Å²) < 4.78 is 10.6. The van der Waals surface area contributed by atoms with Gasteiger partial charge in [-0.3, -0.25) is 4.79 Å². The molecular weight excluding hydrogens is 242 g/mol. The van der Waals surface area contributed by atoms with Crippen LogP contribution in [0.4, 0.5) is 0 Å². The van der Waals surface area contributed by atoms with Gasteiger partial charge in [0.05, 0.1) is 25.6 Å².